The van der Waals surface area contributed by atoms with Crippen molar-refractivity contribution in [1.29, 1.82) is 5.26 Å². The van der Waals surface area contributed by atoms with Crippen LogP contribution in [-0.2, 0) is 16.1 Å². The molecule has 1 rings (SSSR count). The van der Waals surface area contributed by atoms with Crippen LogP contribution in [0.4, 0.5) is 0 Å². The fraction of sp³-hybridized carbons (Fsp3) is 0.250. The molecule has 6 nitrogen and oxygen atoms in total. The van der Waals surface area contributed by atoms with E-state index in [4.69, 9.17) is 11.0 Å². The van der Waals surface area contributed by atoms with Gasteiger partial charge in [-0.3, -0.25) is 9.59 Å². The Morgan fingerprint density at radius 1 is 1.28 bits per heavy atom. The zero-order valence-electron chi connectivity index (χ0n) is 9.77. The lowest BCUT2D eigenvalue weighted by molar-refractivity contribution is -0.125. The highest BCUT2D eigenvalue weighted by atomic mass is 16.2. The number of nitriles is 1. The number of nitrogens with zero attached hydrogens (tertiary/aromatic N) is 1. The van der Waals surface area contributed by atoms with E-state index >= 15 is 0 Å². The van der Waals surface area contributed by atoms with Crippen LogP contribution in [-0.4, -0.2) is 24.9 Å². The molecule has 0 atom stereocenters. The number of nitrogens with one attached hydrogen (secondary N) is 2. The number of hydrogen-bond acceptors (Lipinski definition) is 4. The summed E-state index contributed by atoms with van der Waals surface area (Å²) in [5, 5.41) is 13.7. The largest absolute Gasteiger partial charge is 0.350 e. The van der Waals surface area contributed by atoms with Gasteiger partial charge in [0.1, 0.15) is 0 Å². The van der Waals surface area contributed by atoms with E-state index in [-0.39, 0.29) is 24.9 Å². The third kappa shape index (κ3) is 4.63. The van der Waals surface area contributed by atoms with Crippen molar-refractivity contribution in [2.24, 2.45) is 5.73 Å². The first-order valence-electron chi connectivity index (χ1n) is 5.38. The molecular formula is C12H14N4O2. The molecular weight excluding hydrogens is 232 g/mol. The van der Waals surface area contributed by atoms with E-state index in [2.05, 4.69) is 10.6 Å². The normalized spacial score (nSPS) is 9.33. The molecule has 18 heavy (non-hydrogen) atoms. The van der Waals surface area contributed by atoms with E-state index in [9.17, 15) is 9.59 Å². The molecule has 0 aliphatic rings. The molecule has 0 radical (unpaired) electrons. The first kappa shape index (κ1) is 13.7. The number of rotatable bonds is 5. The predicted octanol–water partition coefficient (Wildman–Crippen LogP) is -0.751. The molecule has 2 amide bonds. The highest BCUT2D eigenvalue weighted by Gasteiger charge is 2.03. The highest BCUT2D eigenvalue weighted by Crippen LogP contribution is 2.03. The molecule has 1 aromatic rings. The molecule has 4 N–H and O–H groups in total. The quantitative estimate of drug-likeness (QED) is 0.635. The Labute approximate surface area is 105 Å². The molecule has 0 heterocycles. The van der Waals surface area contributed by atoms with E-state index < -0.39 is 0 Å². The monoisotopic (exact) mass is 246 g/mol. The first-order chi connectivity index (χ1) is 8.65. The van der Waals surface area contributed by atoms with Gasteiger partial charge in [-0.2, -0.15) is 5.26 Å². The number of carbonyl (C=O) groups excluding carboxylic acids is 2. The molecule has 6 heteroatoms. The molecule has 0 bridgehead atoms. The van der Waals surface area contributed by atoms with Crippen LogP contribution in [0.2, 0.25) is 0 Å². The van der Waals surface area contributed by atoms with Crippen LogP contribution in [0.1, 0.15) is 11.1 Å². The lowest BCUT2D eigenvalue weighted by Gasteiger charge is -2.06. The number of nitrogens with two attached hydrogens (primary N) is 1. The summed E-state index contributed by atoms with van der Waals surface area (Å²) in [5.74, 6) is -0.684. The molecule has 94 valence electrons. The average Bonchev–Trinajstić information content (AvgIpc) is 2.42. The second kappa shape index (κ2) is 7.04. The fourth-order valence-electron chi connectivity index (χ4n) is 1.27. The summed E-state index contributed by atoms with van der Waals surface area (Å²) in [6, 6.07) is 8.95. The van der Waals surface area contributed by atoms with Crippen LogP contribution in [0.25, 0.3) is 0 Å². The zero-order chi connectivity index (χ0) is 13.4. The van der Waals surface area contributed by atoms with Gasteiger partial charge in [-0.1, -0.05) is 12.1 Å². The first-order valence-corrected chi connectivity index (χ1v) is 5.38. The molecule has 0 aliphatic carbocycles. The Hall–Kier alpha value is -2.39. The second-order valence-electron chi connectivity index (χ2n) is 3.57. The van der Waals surface area contributed by atoms with E-state index in [0.29, 0.717) is 12.1 Å². The maximum atomic E-state index is 11.4. The van der Waals surface area contributed by atoms with Gasteiger partial charge in [0, 0.05) is 6.54 Å². The van der Waals surface area contributed by atoms with E-state index in [1.165, 1.54) is 0 Å². The Morgan fingerprint density at radius 3 is 2.72 bits per heavy atom. The zero-order valence-corrected chi connectivity index (χ0v) is 9.77. The van der Waals surface area contributed by atoms with E-state index in [1.807, 2.05) is 6.07 Å². The summed E-state index contributed by atoms with van der Waals surface area (Å²) >= 11 is 0. The standard InChI is InChI=1S/C12H14N4O2/c13-5-9-2-1-3-10(4-9)7-15-12(18)8-16-11(17)6-14/h1-4H,6-8,14H2,(H,15,18)(H,16,17). The number of carbonyl (C=O) groups is 2. The Balaban J connectivity index is 2.38. The summed E-state index contributed by atoms with van der Waals surface area (Å²) < 4.78 is 0. The van der Waals surface area contributed by atoms with E-state index in [0.717, 1.165) is 5.56 Å². The minimum Gasteiger partial charge on any atom is -0.350 e. The van der Waals surface area contributed by atoms with Gasteiger partial charge in [-0.05, 0) is 17.7 Å². The van der Waals surface area contributed by atoms with Crippen LogP contribution in [0.15, 0.2) is 24.3 Å². The second-order valence-corrected chi connectivity index (χ2v) is 3.57. The Kier molecular flexibility index (Phi) is 5.35. The average molecular weight is 246 g/mol. The fourth-order valence-corrected chi connectivity index (χ4v) is 1.27. The SMILES string of the molecule is N#Cc1cccc(CNC(=O)CNC(=O)CN)c1. The van der Waals surface area contributed by atoms with Gasteiger partial charge in [0.2, 0.25) is 11.8 Å². The van der Waals surface area contributed by atoms with Gasteiger partial charge in [-0.25, -0.2) is 0 Å². The van der Waals surface area contributed by atoms with Crippen molar-refractivity contribution in [3.63, 3.8) is 0 Å². The van der Waals surface area contributed by atoms with Gasteiger partial charge in [0.05, 0.1) is 24.7 Å². The molecule has 0 fully saturated rings. The van der Waals surface area contributed by atoms with Crippen molar-refractivity contribution in [2.75, 3.05) is 13.1 Å². The summed E-state index contributed by atoms with van der Waals surface area (Å²) in [5.41, 5.74) is 6.45. The van der Waals surface area contributed by atoms with Gasteiger partial charge in [0.15, 0.2) is 0 Å². The van der Waals surface area contributed by atoms with Crippen LogP contribution < -0.4 is 16.4 Å². The molecule has 0 saturated heterocycles. The van der Waals surface area contributed by atoms with Crippen molar-refractivity contribution in [2.45, 2.75) is 6.54 Å². The Bertz CT molecular complexity index is 479. The number of hydrogen-bond donors (Lipinski definition) is 3. The summed E-state index contributed by atoms with van der Waals surface area (Å²) in [6.45, 7) is 0.0678. The number of amides is 2. The molecule has 0 unspecified atom stereocenters. The summed E-state index contributed by atoms with van der Waals surface area (Å²) in [6.07, 6.45) is 0. The lowest BCUT2D eigenvalue weighted by Crippen LogP contribution is -2.39. The summed E-state index contributed by atoms with van der Waals surface area (Å²) in [4.78, 5) is 22.2. The van der Waals surface area contributed by atoms with Gasteiger partial charge < -0.3 is 16.4 Å². The van der Waals surface area contributed by atoms with Gasteiger partial charge in [-0.15, -0.1) is 0 Å². The van der Waals surface area contributed by atoms with Crippen LogP contribution >= 0.6 is 0 Å². The van der Waals surface area contributed by atoms with Crippen LogP contribution in [0.5, 0.6) is 0 Å². The third-order valence-corrected chi connectivity index (χ3v) is 2.18. The molecule has 0 aromatic heterocycles. The van der Waals surface area contributed by atoms with Crippen molar-refractivity contribution in [3.8, 4) is 6.07 Å². The topological polar surface area (TPSA) is 108 Å². The third-order valence-electron chi connectivity index (χ3n) is 2.18. The van der Waals surface area contributed by atoms with Gasteiger partial charge in [0.25, 0.3) is 0 Å². The highest BCUT2D eigenvalue weighted by molar-refractivity contribution is 5.85. The van der Waals surface area contributed by atoms with Crippen molar-refractivity contribution in [1.82, 2.24) is 10.6 Å². The maximum Gasteiger partial charge on any atom is 0.239 e. The van der Waals surface area contributed by atoms with Crippen LogP contribution in [0.3, 0.4) is 0 Å². The smallest absolute Gasteiger partial charge is 0.239 e. The maximum absolute atomic E-state index is 11.4. The van der Waals surface area contributed by atoms with Gasteiger partial charge >= 0.3 is 0 Å². The predicted molar refractivity (Wildman–Crippen MR) is 65.1 cm³/mol. The lowest BCUT2D eigenvalue weighted by atomic mass is 10.1. The minimum atomic E-state index is -0.378. The van der Waals surface area contributed by atoms with Crippen molar-refractivity contribution < 1.29 is 9.59 Å². The Morgan fingerprint density at radius 2 is 2.06 bits per heavy atom. The molecule has 0 saturated carbocycles. The van der Waals surface area contributed by atoms with Crippen LogP contribution in [0, 0.1) is 11.3 Å². The van der Waals surface area contributed by atoms with E-state index in [1.54, 1.807) is 24.3 Å². The van der Waals surface area contributed by atoms with Crippen molar-refractivity contribution in [3.05, 3.63) is 35.4 Å². The van der Waals surface area contributed by atoms with Crippen molar-refractivity contribution >= 4 is 11.8 Å². The minimum absolute atomic E-state index is 0.103. The number of benzene rings is 1. The summed E-state index contributed by atoms with van der Waals surface area (Å²) in [7, 11) is 0. The molecule has 0 spiro atoms. The molecule has 0 aliphatic heterocycles. The molecule has 1 aromatic carbocycles.